The minimum atomic E-state index is -0.258. The fourth-order valence-corrected chi connectivity index (χ4v) is 2.90. The van der Waals surface area contributed by atoms with Gasteiger partial charge in [-0.2, -0.15) is 0 Å². The Labute approximate surface area is 118 Å². The number of nitrogens with one attached hydrogen (secondary N) is 1. The fourth-order valence-electron chi connectivity index (χ4n) is 1.52. The number of nitrogen functional groups attached to an aromatic ring is 1. The van der Waals surface area contributed by atoms with Crippen molar-refractivity contribution in [2.24, 2.45) is 0 Å². The molecule has 0 aliphatic rings. The third-order valence-corrected chi connectivity index (χ3v) is 3.87. The van der Waals surface area contributed by atoms with Crippen molar-refractivity contribution in [1.29, 1.82) is 0 Å². The number of hydrogen-bond donors (Lipinski definition) is 2. The Kier molecular flexibility index (Phi) is 3.80. The topological polar surface area (TPSA) is 55.1 Å². The Morgan fingerprint density at radius 3 is 2.89 bits per heavy atom. The second-order valence-corrected chi connectivity index (χ2v) is 5.71. The van der Waals surface area contributed by atoms with E-state index in [2.05, 4.69) is 11.9 Å². The molecule has 1 heterocycles. The van der Waals surface area contributed by atoms with Gasteiger partial charge in [-0.1, -0.05) is 29.8 Å². The van der Waals surface area contributed by atoms with Gasteiger partial charge in [0.05, 0.1) is 12.2 Å². The molecule has 0 radical (unpaired) electrons. The molecule has 3 nitrogen and oxygen atoms in total. The van der Waals surface area contributed by atoms with Crippen molar-refractivity contribution in [1.82, 2.24) is 5.32 Å². The molecule has 0 spiro atoms. The van der Waals surface area contributed by atoms with E-state index >= 15 is 0 Å². The van der Waals surface area contributed by atoms with Gasteiger partial charge in [0.2, 0.25) is 0 Å². The lowest BCUT2D eigenvalue weighted by atomic mass is 10.2. The Morgan fingerprint density at radius 1 is 1.50 bits per heavy atom. The number of amides is 1. The molecule has 0 saturated carbocycles. The van der Waals surface area contributed by atoms with Crippen LogP contribution in [-0.4, -0.2) is 12.5 Å². The van der Waals surface area contributed by atoms with Gasteiger partial charge >= 0.3 is 0 Å². The van der Waals surface area contributed by atoms with Crippen LogP contribution in [0.25, 0.3) is 10.1 Å². The van der Waals surface area contributed by atoms with Gasteiger partial charge in [-0.3, -0.25) is 4.79 Å². The fraction of sp³-hybridized carbons (Fsp3) is 0.0833. The molecule has 0 unspecified atom stereocenters. The molecular weight excluding hydrogens is 291 g/mol. The van der Waals surface area contributed by atoms with Crippen LogP contribution in [0.2, 0.25) is 5.02 Å². The van der Waals surface area contributed by atoms with E-state index in [1.165, 1.54) is 11.3 Å². The molecule has 0 bridgehead atoms. The van der Waals surface area contributed by atoms with Gasteiger partial charge < -0.3 is 11.1 Å². The number of hydrogen-bond acceptors (Lipinski definition) is 3. The first kappa shape index (κ1) is 13.2. The summed E-state index contributed by atoms with van der Waals surface area (Å²) >= 11 is 12.8. The van der Waals surface area contributed by atoms with Gasteiger partial charge in [0.15, 0.2) is 0 Å². The molecule has 2 aromatic rings. The Morgan fingerprint density at radius 2 is 2.22 bits per heavy atom. The van der Waals surface area contributed by atoms with Crippen LogP contribution in [0.4, 0.5) is 5.69 Å². The van der Waals surface area contributed by atoms with E-state index in [1.807, 2.05) is 0 Å². The third kappa shape index (κ3) is 2.61. The summed E-state index contributed by atoms with van der Waals surface area (Å²) in [6, 6.07) is 5.34. The predicted octanol–water partition coefficient (Wildman–Crippen LogP) is 3.62. The lowest BCUT2D eigenvalue weighted by molar-refractivity contribution is 0.0962. The van der Waals surface area contributed by atoms with Crippen molar-refractivity contribution in [2.45, 2.75) is 0 Å². The SMILES string of the molecule is C=C(Cl)CNC(=O)c1sc2cc(Cl)ccc2c1N. The molecule has 0 saturated heterocycles. The summed E-state index contributed by atoms with van der Waals surface area (Å²) in [6.07, 6.45) is 0. The molecule has 6 heteroatoms. The average Bonchev–Trinajstić information content (AvgIpc) is 2.63. The molecule has 2 rings (SSSR count). The van der Waals surface area contributed by atoms with Crippen LogP contribution in [0.1, 0.15) is 9.67 Å². The standard InChI is InChI=1S/C12H10Cl2N2OS/c1-6(13)5-16-12(17)11-10(15)8-3-2-7(14)4-9(8)18-11/h2-4H,1,5,15H2,(H,16,17). The number of halogens is 2. The van der Waals surface area contributed by atoms with Gasteiger partial charge in [0.1, 0.15) is 4.88 Å². The molecule has 0 aliphatic heterocycles. The number of nitrogens with two attached hydrogens (primary N) is 1. The first-order valence-corrected chi connectivity index (χ1v) is 6.65. The van der Waals surface area contributed by atoms with Crippen molar-refractivity contribution in [3.8, 4) is 0 Å². The van der Waals surface area contributed by atoms with Crippen molar-refractivity contribution in [3.05, 3.63) is 39.7 Å². The van der Waals surface area contributed by atoms with E-state index in [1.54, 1.807) is 18.2 Å². The minimum Gasteiger partial charge on any atom is -0.397 e. The Hall–Kier alpha value is -1.23. The molecule has 1 aromatic heterocycles. The van der Waals surface area contributed by atoms with Crippen LogP contribution < -0.4 is 11.1 Å². The molecule has 0 atom stereocenters. The zero-order valence-corrected chi connectivity index (χ0v) is 11.6. The van der Waals surface area contributed by atoms with E-state index in [9.17, 15) is 4.79 Å². The molecule has 1 amide bonds. The summed E-state index contributed by atoms with van der Waals surface area (Å²) in [7, 11) is 0. The maximum Gasteiger partial charge on any atom is 0.263 e. The molecule has 3 N–H and O–H groups in total. The van der Waals surface area contributed by atoms with Gasteiger partial charge in [-0.25, -0.2) is 0 Å². The number of carbonyl (C=O) groups is 1. The first-order chi connectivity index (χ1) is 8.49. The van der Waals surface area contributed by atoms with Gasteiger partial charge in [0, 0.05) is 20.1 Å². The normalized spacial score (nSPS) is 10.6. The first-order valence-electron chi connectivity index (χ1n) is 5.08. The number of fused-ring (bicyclic) bond motifs is 1. The highest BCUT2D eigenvalue weighted by Crippen LogP contribution is 2.35. The number of anilines is 1. The Balaban J connectivity index is 2.36. The van der Waals surface area contributed by atoms with Crippen LogP contribution >= 0.6 is 34.5 Å². The Bertz CT molecular complexity index is 636. The van der Waals surface area contributed by atoms with Crippen molar-refractivity contribution < 1.29 is 4.79 Å². The largest absolute Gasteiger partial charge is 0.397 e. The highest BCUT2D eigenvalue weighted by molar-refractivity contribution is 7.21. The summed E-state index contributed by atoms with van der Waals surface area (Å²) in [6.45, 7) is 3.72. The van der Waals surface area contributed by atoms with E-state index in [-0.39, 0.29) is 12.5 Å². The van der Waals surface area contributed by atoms with E-state index in [0.29, 0.717) is 20.6 Å². The van der Waals surface area contributed by atoms with Crippen molar-refractivity contribution >= 4 is 56.2 Å². The van der Waals surface area contributed by atoms with Crippen molar-refractivity contribution in [2.75, 3.05) is 12.3 Å². The molecule has 0 fully saturated rings. The highest BCUT2D eigenvalue weighted by atomic mass is 35.5. The minimum absolute atomic E-state index is 0.217. The number of rotatable bonds is 3. The quantitative estimate of drug-likeness (QED) is 0.909. The number of carbonyl (C=O) groups excluding carboxylic acids is 1. The van der Waals surface area contributed by atoms with E-state index in [0.717, 1.165) is 10.1 Å². The highest BCUT2D eigenvalue weighted by Gasteiger charge is 2.16. The van der Waals surface area contributed by atoms with Crippen LogP contribution in [0.15, 0.2) is 29.8 Å². The lowest BCUT2D eigenvalue weighted by Crippen LogP contribution is -2.24. The molecule has 0 aliphatic carbocycles. The van der Waals surface area contributed by atoms with E-state index in [4.69, 9.17) is 28.9 Å². The predicted molar refractivity (Wildman–Crippen MR) is 78.6 cm³/mol. The monoisotopic (exact) mass is 300 g/mol. The van der Waals surface area contributed by atoms with Crippen LogP contribution in [0.3, 0.4) is 0 Å². The van der Waals surface area contributed by atoms with Crippen LogP contribution in [-0.2, 0) is 0 Å². The molecule has 1 aromatic carbocycles. The van der Waals surface area contributed by atoms with E-state index < -0.39 is 0 Å². The second kappa shape index (κ2) is 5.18. The summed E-state index contributed by atoms with van der Waals surface area (Å²) < 4.78 is 0.884. The maximum absolute atomic E-state index is 11.9. The smallest absolute Gasteiger partial charge is 0.263 e. The van der Waals surface area contributed by atoms with Gasteiger partial charge in [-0.15, -0.1) is 11.3 Å². The number of benzene rings is 1. The number of thiophene rings is 1. The second-order valence-electron chi connectivity index (χ2n) is 3.69. The lowest BCUT2D eigenvalue weighted by Gasteiger charge is -2.02. The molecule has 94 valence electrons. The third-order valence-electron chi connectivity index (χ3n) is 2.34. The maximum atomic E-state index is 11.9. The summed E-state index contributed by atoms with van der Waals surface area (Å²) in [5.41, 5.74) is 6.41. The van der Waals surface area contributed by atoms with Crippen molar-refractivity contribution in [3.63, 3.8) is 0 Å². The zero-order chi connectivity index (χ0) is 13.3. The van der Waals surface area contributed by atoms with Gasteiger partial charge in [0.25, 0.3) is 5.91 Å². The van der Waals surface area contributed by atoms with Gasteiger partial charge in [-0.05, 0) is 18.2 Å². The zero-order valence-electron chi connectivity index (χ0n) is 9.30. The summed E-state index contributed by atoms with van der Waals surface area (Å²) in [4.78, 5) is 12.4. The molecule has 18 heavy (non-hydrogen) atoms. The summed E-state index contributed by atoms with van der Waals surface area (Å²) in [5, 5.41) is 4.46. The molecular formula is C12H10Cl2N2OS. The van der Waals surface area contributed by atoms with Crippen LogP contribution in [0.5, 0.6) is 0 Å². The average molecular weight is 301 g/mol. The van der Waals surface area contributed by atoms with Crippen LogP contribution in [0, 0.1) is 0 Å². The summed E-state index contributed by atoms with van der Waals surface area (Å²) in [5.74, 6) is -0.258.